The Morgan fingerprint density at radius 2 is 1.62 bits per heavy atom. The Morgan fingerprint density at radius 3 is 2.22 bits per heavy atom. The molecule has 1 aromatic heterocycles. The zero-order valence-electron chi connectivity index (χ0n) is 21.1. The average Bonchev–Trinajstić information content (AvgIpc) is 3.31. The number of nitrogens with zero attached hydrogens (tertiary/aromatic N) is 2. The van der Waals surface area contributed by atoms with Crippen LogP contribution in [0, 0.1) is 0 Å². The number of piperazine rings is 1. The van der Waals surface area contributed by atoms with Crippen LogP contribution in [0.3, 0.4) is 0 Å². The molecule has 2 aromatic rings. The fourth-order valence-electron chi connectivity index (χ4n) is 4.12. The molecule has 5 N–H and O–H groups in total. The first-order valence-corrected chi connectivity index (χ1v) is 12.3. The molecule has 1 saturated heterocycles. The van der Waals surface area contributed by atoms with Crippen LogP contribution in [0.4, 0.5) is 0 Å². The summed E-state index contributed by atoms with van der Waals surface area (Å²) in [5, 5.41) is 24.5. The highest BCUT2D eigenvalue weighted by Gasteiger charge is 2.20. The van der Waals surface area contributed by atoms with Crippen molar-refractivity contribution in [3.8, 4) is 5.75 Å². The Labute approximate surface area is 215 Å². The SMILES string of the molecule is COc1ccc2[nH]cc(CCN3CCN(C(=O)CCCCCCC(=O)NO)CC3)c2c1.O=C(O)C(=O)O. The quantitative estimate of drug-likeness (QED) is 0.128. The number of rotatable bonds is 11. The van der Waals surface area contributed by atoms with Crippen molar-refractivity contribution in [3.63, 3.8) is 0 Å². The molecule has 1 aliphatic heterocycles. The van der Waals surface area contributed by atoms with E-state index in [2.05, 4.69) is 22.1 Å². The van der Waals surface area contributed by atoms with E-state index in [-0.39, 0.29) is 11.8 Å². The van der Waals surface area contributed by atoms with Crippen molar-refractivity contribution in [2.45, 2.75) is 44.9 Å². The van der Waals surface area contributed by atoms with Gasteiger partial charge in [-0.3, -0.25) is 19.7 Å². The normalized spacial score (nSPS) is 13.5. The summed E-state index contributed by atoms with van der Waals surface area (Å²) in [6, 6.07) is 6.10. The van der Waals surface area contributed by atoms with E-state index in [9.17, 15) is 9.59 Å². The predicted molar refractivity (Wildman–Crippen MR) is 134 cm³/mol. The topological polar surface area (TPSA) is 172 Å². The number of fused-ring (bicyclic) bond motifs is 1. The number of aliphatic carboxylic acids is 2. The monoisotopic (exact) mass is 520 g/mol. The van der Waals surface area contributed by atoms with Crippen LogP contribution in [0.25, 0.3) is 10.9 Å². The summed E-state index contributed by atoms with van der Waals surface area (Å²) in [5.41, 5.74) is 4.06. The fraction of sp³-hybridized carbons (Fsp3) is 0.520. The van der Waals surface area contributed by atoms with E-state index in [4.69, 9.17) is 29.7 Å². The third-order valence-electron chi connectivity index (χ3n) is 6.25. The van der Waals surface area contributed by atoms with Gasteiger partial charge in [0.15, 0.2) is 0 Å². The number of methoxy groups -OCH3 is 1. The third kappa shape index (κ3) is 10.1. The number of amides is 2. The zero-order chi connectivity index (χ0) is 27.2. The van der Waals surface area contributed by atoms with Crippen LogP contribution in [-0.4, -0.2) is 93.8 Å². The molecule has 0 radical (unpaired) electrons. The number of aromatic nitrogens is 1. The Kier molecular flexibility index (Phi) is 12.4. The fourth-order valence-corrected chi connectivity index (χ4v) is 4.12. The molecule has 1 aromatic carbocycles. The molecule has 12 nitrogen and oxygen atoms in total. The van der Waals surface area contributed by atoms with Gasteiger partial charge in [0.25, 0.3) is 0 Å². The first-order chi connectivity index (χ1) is 17.7. The number of H-pyrrole nitrogens is 1. The van der Waals surface area contributed by atoms with Gasteiger partial charge >= 0.3 is 11.9 Å². The highest BCUT2D eigenvalue weighted by Crippen LogP contribution is 2.24. The molecule has 0 aliphatic carbocycles. The Morgan fingerprint density at radius 1 is 0.973 bits per heavy atom. The Hall–Kier alpha value is -3.64. The van der Waals surface area contributed by atoms with E-state index < -0.39 is 11.9 Å². The summed E-state index contributed by atoms with van der Waals surface area (Å²) < 4.78 is 5.35. The molecule has 0 unspecified atom stereocenters. The summed E-state index contributed by atoms with van der Waals surface area (Å²) in [6.45, 7) is 4.38. The minimum Gasteiger partial charge on any atom is -0.497 e. The average molecular weight is 521 g/mol. The molecule has 204 valence electrons. The van der Waals surface area contributed by atoms with Crippen LogP contribution in [0.1, 0.15) is 44.1 Å². The summed E-state index contributed by atoms with van der Waals surface area (Å²) in [4.78, 5) is 49.3. The molecular formula is C25H36N4O8. The zero-order valence-corrected chi connectivity index (χ0v) is 21.1. The van der Waals surface area contributed by atoms with Crippen LogP contribution >= 0.6 is 0 Å². The lowest BCUT2D eigenvalue weighted by Gasteiger charge is -2.34. The largest absolute Gasteiger partial charge is 0.497 e. The van der Waals surface area contributed by atoms with Crippen molar-refractivity contribution < 1.29 is 39.3 Å². The highest BCUT2D eigenvalue weighted by molar-refractivity contribution is 6.27. The molecule has 3 rings (SSSR count). The summed E-state index contributed by atoms with van der Waals surface area (Å²) in [7, 11) is 1.69. The van der Waals surface area contributed by atoms with Gasteiger partial charge in [0.05, 0.1) is 7.11 Å². The number of aromatic amines is 1. The number of nitrogens with one attached hydrogen (secondary N) is 2. The molecule has 2 heterocycles. The van der Waals surface area contributed by atoms with E-state index in [1.807, 2.05) is 17.0 Å². The number of hydrogen-bond donors (Lipinski definition) is 5. The van der Waals surface area contributed by atoms with Crippen molar-refractivity contribution >= 4 is 34.7 Å². The number of hydroxylamine groups is 1. The number of carbonyl (C=O) groups is 4. The molecule has 0 saturated carbocycles. The van der Waals surface area contributed by atoms with Crippen LogP contribution in [-0.2, 0) is 25.6 Å². The van der Waals surface area contributed by atoms with Gasteiger partial charge in [-0.2, -0.15) is 0 Å². The van der Waals surface area contributed by atoms with Gasteiger partial charge in [0.1, 0.15) is 5.75 Å². The van der Waals surface area contributed by atoms with E-state index >= 15 is 0 Å². The predicted octanol–water partition coefficient (Wildman–Crippen LogP) is 1.86. The smallest absolute Gasteiger partial charge is 0.414 e. The van der Waals surface area contributed by atoms with Gasteiger partial charge in [-0.05, 0) is 43.0 Å². The van der Waals surface area contributed by atoms with Crippen LogP contribution < -0.4 is 10.2 Å². The van der Waals surface area contributed by atoms with E-state index in [0.717, 1.165) is 76.1 Å². The number of hydrogen-bond acceptors (Lipinski definition) is 7. The molecule has 0 spiro atoms. The van der Waals surface area contributed by atoms with Crippen LogP contribution in [0.15, 0.2) is 24.4 Å². The number of carboxylic acids is 2. The summed E-state index contributed by atoms with van der Waals surface area (Å²) in [6.07, 6.45) is 7.37. The van der Waals surface area contributed by atoms with Gasteiger partial charge in [0.2, 0.25) is 11.8 Å². The van der Waals surface area contributed by atoms with E-state index in [1.165, 1.54) is 10.9 Å². The first-order valence-electron chi connectivity index (χ1n) is 12.3. The standard InChI is InChI=1S/C23H34N4O4.C2H2O4/c1-31-19-8-9-21-20(16-19)18(17-24-21)10-11-26-12-14-27(15-13-26)23(29)7-5-3-2-4-6-22(28)25-30;3-1(4)2(5)6/h8-9,16-17,24,30H,2-7,10-15H2,1H3,(H,25,28);(H,3,4)(H,5,6). The second kappa shape index (κ2) is 15.5. The molecule has 1 aliphatic rings. The van der Waals surface area contributed by atoms with Crippen molar-refractivity contribution in [3.05, 3.63) is 30.0 Å². The maximum absolute atomic E-state index is 12.4. The van der Waals surface area contributed by atoms with Gasteiger partial charge in [-0.1, -0.05) is 12.8 Å². The lowest BCUT2D eigenvalue weighted by molar-refractivity contribution is -0.159. The van der Waals surface area contributed by atoms with Gasteiger partial charge < -0.3 is 24.8 Å². The van der Waals surface area contributed by atoms with E-state index in [0.29, 0.717) is 12.8 Å². The number of carbonyl (C=O) groups excluding carboxylic acids is 2. The third-order valence-corrected chi connectivity index (χ3v) is 6.25. The van der Waals surface area contributed by atoms with Crippen LogP contribution in [0.2, 0.25) is 0 Å². The van der Waals surface area contributed by atoms with Gasteiger partial charge in [0, 0.05) is 62.7 Å². The van der Waals surface area contributed by atoms with Gasteiger partial charge in [-0.15, -0.1) is 0 Å². The molecule has 0 atom stereocenters. The maximum atomic E-state index is 12.4. The van der Waals surface area contributed by atoms with Crippen LogP contribution in [0.5, 0.6) is 5.75 Å². The molecule has 37 heavy (non-hydrogen) atoms. The molecule has 12 heteroatoms. The maximum Gasteiger partial charge on any atom is 0.414 e. The van der Waals surface area contributed by atoms with Crippen molar-refractivity contribution in [1.82, 2.24) is 20.3 Å². The van der Waals surface area contributed by atoms with E-state index in [1.54, 1.807) is 12.6 Å². The number of carboxylic acid groups (broad SMARTS) is 2. The first kappa shape index (κ1) is 29.6. The lowest BCUT2D eigenvalue weighted by atomic mass is 10.1. The minimum absolute atomic E-state index is 0.233. The lowest BCUT2D eigenvalue weighted by Crippen LogP contribution is -2.49. The Balaban J connectivity index is 0.000000717. The second-order valence-corrected chi connectivity index (χ2v) is 8.76. The summed E-state index contributed by atoms with van der Waals surface area (Å²) in [5.74, 6) is -2.89. The number of benzene rings is 1. The van der Waals surface area contributed by atoms with Crippen molar-refractivity contribution in [2.24, 2.45) is 0 Å². The molecule has 0 bridgehead atoms. The van der Waals surface area contributed by atoms with Gasteiger partial charge in [-0.25, -0.2) is 15.1 Å². The van der Waals surface area contributed by atoms with Crippen molar-refractivity contribution in [1.29, 1.82) is 0 Å². The summed E-state index contributed by atoms with van der Waals surface area (Å²) >= 11 is 0. The Bertz CT molecular complexity index is 1030. The highest BCUT2D eigenvalue weighted by atomic mass is 16.5. The van der Waals surface area contributed by atoms with Crippen molar-refractivity contribution in [2.75, 3.05) is 39.8 Å². The number of unbranched alkanes of at least 4 members (excludes halogenated alkanes) is 3. The second-order valence-electron chi connectivity index (χ2n) is 8.76. The minimum atomic E-state index is -1.82. The molecular weight excluding hydrogens is 484 g/mol. The number of ether oxygens (including phenoxy) is 1. The molecule has 2 amide bonds. The molecule has 1 fully saturated rings.